The summed E-state index contributed by atoms with van der Waals surface area (Å²) in [5, 5.41) is 7.68. The third-order valence-corrected chi connectivity index (χ3v) is 0.985. The molecular formula is C7H10Cl4O2. The Morgan fingerprint density at radius 3 is 1.54 bits per heavy atom. The van der Waals surface area contributed by atoms with Crippen LogP contribution in [0, 0.1) is 0 Å². The van der Waals surface area contributed by atoms with E-state index in [0.29, 0.717) is 0 Å². The van der Waals surface area contributed by atoms with Gasteiger partial charge in [-0.2, -0.15) is 0 Å². The molecule has 0 saturated heterocycles. The molecule has 0 bridgehead atoms. The van der Waals surface area contributed by atoms with Gasteiger partial charge in [0, 0.05) is 5.02 Å². The van der Waals surface area contributed by atoms with Gasteiger partial charge in [0.1, 0.15) is 0 Å². The van der Waals surface area contributed by atoms with Gasteiger partial charge in [0.25, 0.3) is 6.47 Å². The van der Waals surface area contributed by atoms with E-state index in [-0.39, 0.29) is 43.7 Å². The molecule has 0 heterocycles. The zero-order valence-electron chi connectivity index (χ0n) is 6.42. The smallest absolute Gasteiger partial charge is 0.290 e. The normalized spacial score (nSPS) is 5.62. The molecule has 0 fully saturated rings. The van der Waals surface area contributed by atoms with Gasteiger partial charge in [0.05, 0.1) is 0 Å². The van der Waals surface area contributed by atoms with Crippen molar-refractivity contribution in [1.29, 1.82) is 0 Å². The molecule has 1 rings (SSSR count). The number of halogens is 4. The van der Waals surface area contributed by atoms with Gasteiger partial charge in [-0.3, -0.25) is 4.79 Å². The first-order valence-electron chi connectivity index (χ1n) is 2.59. The summed E-state index contributed by atoms with van der Waals surface area (Å²) in [5.74, 6) is 0. The second kappa shape index (κ2) is 17.8. The van der Waals surface area contributed by atoms with Crippen LogP contribution in [-0.2, 0) is 4.79 Å². The zero-order valence-corrected chi connectivity index (χ0v) is 9.63. The first-order chi connectivity index (χ1) is 4.81. The number of hydrogen-bond acceptors (Lipinski definition) is 1. The first-order valence-corrected chi connectivity index (χ1v) is 2.97. The Kier molecular flexibility index (Phi) is 31.6. The summed E-state index contributed by atoms with van der Waals surface area (Å²) in [5.41, 5.74) is 0. The summed E-state index contributed by atoms with van der Waals surface area (Å²) in [6, 6.07) is 9.44. The summed E-state index contributed by atoms with van der Waals surface area (Å²) >= 11 is 5.54. The molecule has 1 aromatic rings. The van der Waals surface area contributed by atoms with Crippen LogP contribution in [-0.4, -0.2) is 11.6 Å². The van der Waals surface area contributed by atoms with E-state index in [1.54, 1.807) is 0 Å². The fraction of sp³-hybridized carbons (Fsp3) is 0. The molecule has 2 nitrogen and oxygen atoms in total. The van der Waals surface area contributed by atoms with Crippen LogP contribution < -0.4 is 0 Å². The zero-order chi connectivity index (χ0) is 7.82. The Labute approximate surface area is 101 Å². The lowest BCUT2D eigenvalue weighted by Gasteiger charge is -1.80. The maximum atomic E-state index is 8.36. The molecule has 0 aromatic heterocycles. The van der Waals surface area contributed by atoms with Gasteiger partial charge in [-0.15, -0.1) is 37.2 Å². The molecule has 0 aliphatic heterocycles. The molecule has 0 atom stereocenters. The van der Waals surface area contributed by atoms with E-state index in [2.05, 4.69) is 0 Å². The van der Waals surface area contributed by atoms with E-state index >= 15 is 0 Å². The van der Waals surface area contributed by atoms with Crippen molar-refractivity contribution in [3.05, 3.63) is 35.4 Å². The minimum absolute atomic E-state index is 0. The second-order valence-electron chi connectivity index (χ2n) is 1.40. The Morgan fingerprint density at radius 1 is 1.08 bits per heavy atom. The van der Waals surface area contributed by atoms with Crippen LogP contribution in [0.5, 0.6) is 0 Å². The van der Waals surface area contributed by atoms with Crippen molar-refractivity contribution < 1.29 is 9.90 Å². The van der Waals surface area contributed by atoms with Crippen molar-refractivity contribution in [3.8, 4) is 0 Å². The number of rotatable bonds is 0. The lowest BCUT2D eigenvalue weighted by molar-refractivity contribution is -0.122. The highest BCUT2D eigenvalue weighted by Crippen LogP contribution is 2.03. The highest BCUT2D eigenvalue weighted by Gasteiger charge is 1.74. The van der Waals surface area contributed by atoms with Crippen molar-refractivity contribution in [2.75, 3.05) is 0 Å². The molecule has 0 amide bonds. The van der Waals surface area contributed by atoms with Crippen molar-refractivity contribution in [1.82, 2.24) is 0 Å². The minimum atomic E-state index is -0.250. The van der Waals surface area contributed by atoms with Gasteiger partial charge in [-0.1, -0.05) is 29.8 Å². The van der Waals surface area contributed by atoms with E-state index in [1.165, 1.54) is 0 Å². The Hall–Kier alpha value is -0.150. The molecule has 13 heavy (non-hydrogen) atoms. The lowest BCUT2D eigenvalue weighted by Crippen LogP contribution is -1.55. The van der Waals surface area contributed by atoms with Crippen LogP contribution >= 0.6 is 48.8 Å². The van der Waals surface area contributed by atoms with Crippen LogP contribution in [0.1, 0.15) is 0 Å². The van der Waals surface area contributed by atoms with Gasteiger partial charge >= 0.3 is 0 Å². The molecule has 0 spiro atoms. The SMILES string of the molecule is Cl.Cl.Cl.Clc1ccccc1.O=CO. The van der Waals surface area contributed by atoms with Crippen molar-refractivity contribution in [2.45, 2.75) is 0 Å². The first kappa shape index (κ1) is 23.0. The molecule has 0 unspecified atom stereocenters. The van der Waals surface area contributed by atoms with E-state index in [4.69, 9.17) is 21.5 Å². The van der Waals surface area contributed by atoms with Crippen LogP contribution in [0.15, 0.2) is 30.3 Å². The van der Waals surface area contributed by atoms with Crippen molar-refractivity contribution in [3.63, 3.8) is 0 Å². The van der Waals surface area contributed by atoms with Crippen LogP contribution in [0.2, 0.25) is 5.02 Å². The highest BCUT2D eigenvalue weighted by molar-refractivity contribution is 6.30. The second-order valence-corrected chi connectivity index (χ2v) is 1.84. The summed E-state index contributed by atoms with van der Waals surface area (Å²) < 4.78 is 0. The Bertz CT molecular complexity index is 181. The molecule has 1 N–H and O–H groups in total. The molecular weight excluding hydrogens is 258 g/mol. The monoisotopic (exact) mass is 266 g/mol. The summed E-state index contributed by atoms with van der Waals surface area (Å²) in [6.45, 7) is -0.250. The quantitative estimate of drug-likeness (QED) is 0.733. The number of benzene rings is 1. The summed E-state index contributed by atoms with van der Waals surface area (Å²) in [6.07, 6.45) is 0. The van der Waals surface area contributed by atoms with Gasteiger partial charge < -0.3 is 5.11 Å². The number of hydrogen-bond donors (Lipinski definition) is 1. The van der Waals surface area contributed by atoms with E-state index in [9.17, 15) is 0 Å². The maximum absolute atomic E-state index is 8.36. The molecule has 0 aliphatic rings. The Morgan fingerprint density at radius 2 is 1.38 bits per heavy atom. The molecule has 6 heteroatoms. The standard InChI is InChI=1S/C6H5Cl.CH2O2.3ClH/c7-6-4-2-1-3-5-6;2-1-3;;;/h1-5H;1H,(H,2,3);3*1H. The minimum Gasteiger partial charge on any atom is -0.483 e. The number of carboxylic acid groups (broad SMARTS) is 1. The molecule has 1 aromatic carbocycles. The molecule has 0 aliphatic carbocycles. The van der Waals surface area contributed by atoms with E-state index < -0.39 is 0 Å². The lowest BCUT2D eigenvalue weighted by atomic mass is 10.4. The van der Waals surface area contributed by atoms with Crippen molar-refractivity contribution in [2.24, 2.45) is 0 Å². The number of carbonyl (C=O) groups is 1. The van der Waals surface area contributed by atoms with Crippen molar-refractivity contribution >= 4 is 55.3 Å². The average Bonchev–Trinajstić information content (AvgIpc) is 1.91. The van der Waals surface area contributed by atoms with Gasteiger partial charge in [0.2, 0.25) is 0 Å². The van der Waals surface area contributed by atoms with E-state index in [0.717, 1.165) is 5.02 Å². The van der Waals surface area contributed by atoms with Gasteiger partial charge in [-0.25, -0.2) is 0 Å². The third kappa shape index (κ3) is 18.7. The van der Waals surface area contributed by atoms with Crippen LogP contribution in [0.25, 0.3) is 0 Å². The third-order valence-electron chi connectivity index (χ3n) is 0.733. The van der Waals surface area contributed by atoms with Crippen LogP contribution in [0.3, 0.4) is 0 Å². The van der Waals surface area contributed by atoms with Gasteiger partial charge in [-0.05, 0) is 12.1 Å². The fourth-order valence-electron chi connectivity index (χ4n) is 0.415. The van der Waals surface area contributed by atoms with Gasteiger partial charge in [0.15, 0.2) is 0 Å². The summed E-state index contributed by atoms with van der Waals surface area (Å²) in [4.78, 5) is 8.36. The average molecular weight is 268 g/mol. The van der Waals surface area contributed by atoms with E-state index in [1.807, 2.05) is 30.3 Å². The molecule has 78 valence electrons. The highest BCUT2D eigenvalue weighted by atomic mass is 35.5. The predicted octanol–water partition coefficient (Wildman–Crippen LogP) is 3.31. The fourth-order valence-corrected chi connectivity index (χ4v) is 0.560. The topological polar surface area (TPSA) is 37.3 Å². The van der Waals surface area contributed by atoms with Crippen LogP contribution in [0.4, 0.5) is 0 Å². The maximum Gasteiger partial charge on any atom is 0.290 e. The Balaban J connectivity index is -0.0000000615. The summed E-state index contributed by atoms with van der Waals surface area (Å²) in [7, 11) is 0. The predicted molar refractivity (Wildman–Crippen MR) is 61.9 cm³/mol. The molecule has 0 radical (unpaired) electrons. The largest absolute Gasteiger partial charge is 0.483 e. The molecule has 0 saturated carbocycles.